The van der Waals surface area contributed by atoms with Crippen LogP contribution in [-0.2, 0) is 19.0 Å². The van der Waals surface area contributed by atoms with Crippen molar-refractivity contribution < 1.29 is 0 Å². The first kappa shape index (κ1) is 14.6. The third kappa shape index (κ3) is 4.07. The highest BCUT2D eigenvalue weighted by atomic mass is 15.3. The van der Waals surface area contributed by atoms with Crippen LogP contribution in [-0.4, -0.2) is 15.8 Å². The molecular formula is C16H29N3. The fourth-order valence-corrected chi connectivity index (χ4v) is 3.04. The van der Waals surface area contributed by atoms with Gasteiger partial charge in [0, 0.05) is 36.8 Å². The van der Waals surface area contributed by atoms with E-state index in [2.05, 4.69) is 37.4 Å². The van der Waals surface area contributed by atoms with Crippen LogP contribution < -0.4 is 5.32 Å². The van der Waals surface area contributed by atoms with Gasteiger partial charge in [0.25, 0.3) is 0 Å². The van der Waals surface area contributed by atoms with Crippen molar-refractivity contribution in [3.05, 3.63) is 17.5 Å². The molecule has 0 spiro atoms. The van der Waals surface area contributed by atoms with Crippen LogP contribution in [0, 0.1) is 0 Å². The number of aromatic nitrogens is 2. The van der Waals surface area contributed by atoms with Gasteiger partial charge < -0.3 is 5.32 Å². The van der Waals surface area contributed by atoms with E-state index in [1.54, 1.807) is 0 Å². The average molecular weight is 263 g/mol. The summed E-state index contributed by atoms with van der Waals surface area (Å²) in [5, 5.41) is 8.39. The Balaban J connectivity index is 1.98. The molecule has 0 unspecified atom stereocenters. The van der Waals surface area contributed by atoms with E-state index in [1.165, 1.54) is 49.8 Å². The van der Waals surface area contributed by atoms with Gasteiger partial charge in [0.15, 0.2) is 0 Å². The predicted octanol–water partition coefficient (Wildman–Crippen LogP) is 3.53. The van der Waals surface area contributed by atoms with Crippen molar-refractivity contribution in [3.8, 4) is 0 Å². The smallest absolute Gasteiger partial charge is 0.0722 e. The van der Waals surface area contributed by atoms with Crippen molar-refractivity contribution in [1.82, 2.24) is 15.1 Å². The van der Waals surface area contributed by atoms with Crippen LogP contribution in [0.15, 0.2) is 6.20 Å². The lowest BCUT2D eigenvalue weighted by Crippen LogP contribution is -2.29. The summed E-state index contributed by atoms with van der Waals surface area (Å²) < 4.78 is 1.95. The normalized spacial score (nSPS) is 18.5. The van der Waals surface area contributed by atoms with Crippen LogP contribution in [0.1, 0.15) is 70.6 Å². The molecule has 1 aromatic rings. The second-order valence-electron chi connectivity index (χ2n) is 7.00. The van der Waals surface area contributed by atoms with Gasteiger partial charge in [-0.25, -0.2) is 0 Å². The van der Waals surface area contributed by atoms with Gasteiger partial charge in [-0.1, -0.05) is 46.5 Å². The van der Waals surface area contributed by atoms with Gasteiger partial charge in [-0.3, -0.25) is 4.68 Å². The molecule has 1 N–H and O–H groups in total. The van der Waals surface area contributed by atoms with Gasteiger partial charge >= 0.3 is 0 Å². The Morgan fingerprint density at radius 2 is 1.84 bits per heavy atom. The predicted molar refractivity (Wildman–Crippen MR) is 80.2 cm³/mol. The number of nitrogens with zero attached hydrogens (tertiary/aromatic N) is 2. The molecule has 0 atom stereocenters. The van der Waals surface area contributed by atoms with Crippen molar-refractivity contribution in [2.45, 2.75) is 77.3 Å². The summed E-state index contributed by atoms with van der Waals surface area (Å²) in [6, 6.07) is 0.704. The second kappa shape index (κ2) is 6.08. The van der Waals surface area contributed by atoms with Crippen LogP contribution >= 0.6 is 0 Å². The maximum Gasteiger partial charge on any atom is 0.0722 e. The molecule has 1 fully saturated rings. The van der Waals surface area contributed by atoms with E-state index in [-0.39, 0.29) is 5.41 Å². The Hall–Kier alpha value is -0.830. The molecule has 1 saturated carbocycles. The third-order valence-corrected chi connectivity index (χ3v) is 4.05. The lowest BCUT2D eigenvalue weighted by Gasteiger charge is -2.20. The molecule has 1 aliphatic rings. The molecule has 1 aromatic heterocycles. The number of hydrogen-bond donors (Lipinski definition) is 1. The van der Waals surface area contributed by atoms with Crippen LogP contribution in [0.4, 0.5) is 0 Å². The lowest BCUT2D eigenvalue weighted by atomic mass is 9.89. The van der Waals surface area contributed by atoms with E-state index < -0.39 is 0 Å². The molecular weight excluding hydrogens is 234 g/mol. The van der Waals surface area contributed by atoms with Crippen molar-refractivity contribution >= 4 is 0 Å². The monoisotopic (exact) mass is 263 g/mol. The van der Waals surface area contributed by atoms with Gasteiger partial charge in [0.1, 0.15) is 0 Å². The third-order valence-electron chi connectivity index (χ3n) is 4.05. The highest BCUT2D eigenvalue weighted by molar-refractivity contribution is 5.23. The van der Waals surface area contributed by atoms with Crippen molar-refractivity contribution in [1.29, 1.82) is 0 Å². The Kier molecular flexibility index (Phi) is 4.67. The van der Waals surface area contributed by atoms with Gasteiger partial charge in [0.05, 0.1) is 5.69 Å². The summed E-state index contributed by atoms with van der Waals surface area (Å²) in [4.78, 5) is 0. The molecule has 19 heavy (non-hydrogen) atoms. The average Bonchev–Trinajstić information content (AvgIpc) is 2.56. The zero-order chi connectivity index (χ0) is 13.9. The molecule has 0 aromatic carbocycles. The molecule has 1 heterocycles. The van der Waals surface area contributed by atoms with Gasteiger partial charge in [0.2, 0.25) is 0 Å². The quantitative estimate of drug-likeness (QED) is 0.846. The van der Waals surface area contributed by atoms with Crippen molar-refractivity contribution in [2.75, 3.05) is 0 Å². The van der Waals surface area contributed by atoms with Crippen LogP contribution in [0.5, 0.6) is 0 Å². The molecule has 0 bridgehead atoms. The first-order valence-corrected chi connectivity index (χ1v) is 7.73. The van der Waals surface area contributed by atoms with Gasteiger partial charge in [-0.15, -0.1) is 0 Å². The first-order valence-electron chi connectivity index (χ1n) is 7.73. The summed E-state index contributed by atoms with van der Waals surface area (Å²) in [5.74, 6) is 0. The fraction of sp³-hybridized carbons (Fsp3) is 0.812. The molecule has 1 aliphatic carbocycles. The topological polar surface area (TPSA) is 29.9 Å². The standard InChI is InChI=1S/C16H29N3/c1-16(2,3)15-13(12-19(4)18-15)11-17-14-9-7-5-6-8-10-14/h12,14,17H,5-11H2,1-4H3. The van der Waals surface area contributed by atoms with E-state index in [0.717, 1.165) is 6.54 Å². The highest BCUT2D eigenvalue weighted by Crippen LogP contribution is 2.24. The lowest BCUT2D eigenvalue weighted by molar-refractivity contribution is 0.454. The molecule has 0 aliphatic heterocycles. The number of hydrogen-bond acceptors (Lipinski definition) is 2. The Morgan fingerprint density at radius 1 is 1.21 bits per heavy atom. The Morgan fingerprint density at radius 3 is 2.42 bits per heavy atom. The SMILES string of the molecule is Cn1cc(CNC2CCCCCC2)c(C(C)(C)C)n1. The maximum absolute atomic E-state index is 4.64. The summed E-state index contributed by atoms with van der Waals surface area (Å²) in [5.41, 5.74) is 2.72. The molecule has 108 valence electrons. The van der Waals surface area contributed by atoms with Gasteiger partial charge in [-0.05, 0) is 12.8 Å². The maximum atomic E-state index is 4.64. The Labute approximate surface area is 117 Å². The van der Waals surface area contributed by atoms with Gasteiger partial charge in [-0.2, -0.15) is 5.10 Å². The van der Waals surface area contributed by atoms with Crippen LogP contribution in [0.3, 0.4) is 0 Å². The number of aryl methyl sites for hydroxylation is 1. The summed E-state index contributed by atoms with van der Waals surface area (Å²) in [6.07, 6.45) is 10.4. The van der Waals surface area contributed by atoms with Crippen LogP contribution in [0.2, 0.25) is 0 Å². The van der Waals surface area contributed by atoms with E-state index in [4.69, 9.17) is 0 Å². The number of nitrogens with one attached hydrogen (secondary N) is 1. The van der Waals surface area contributed by atoms with Crippen molar-refractivity contribution in [2.24, 2.45) is 7.05 Å². The minimum atomic E-state index is 0.127. The highest BCUT2D eigenvalue weighted by Gasteiger charge is 2.22. The zero-order valence-electron chi connectivity index (χ0n) is 13.0. The van der Waals surface area contributed by atoms with E-state index in [9.17, 15) is 0 Å². The minimum Gasteiger partial charge on any atom is -0.310 e. The summed E-state index contributed by atoms with van der Waals surface area (Å²) in [6.45, 7) is 7.69. The summed E-state index contributed by atoms with van der Waals surface area (Å²) in [7, 11) is 2.02. The number of rotatable bonds is 3. The minimum absolute atomic E-state index is 0.127. The van der Waals surface area contributed by atoms with E-state index in [1.807, 2.05) is 11.7 Å². The molecule has 0 radical (unpaired) electrons. The molecule has 0 saturated heterocycles. The van der Waals surface area contributed by atoms with E-state index >= 15 is 0 Å². The Bertz CT molecular complexity index is 393. The second-order valence-corrected chi connectivity index (χ2v) is 7.00. The first-order chi connectivity index (χ1) is 8.97. The zero-order valence-corrected chi connectivity index (χ0v) is 13.0. The van der Waals surface area contributed by atoms with Crippen molar-refractivity contribution in [3.63, 3.8) is 0 Å². The fourth-order valence-electron chi connectivity index (χ4n) is 3.04. The summed E-state index contributed by atoms with van der Waals surface area (Å²) >= 11 is 0. The van der Waals surface area contributed by atoms with Crippen LogP contribution in [0.25, 0.3) is 0 Å². The molecule has 3 nitrogen and oxygen atoms in total. The molecule has 0 amide bonds. The largest absolute Gasteiger partial charge is 0.310 e. The molecule has 2 rings (SSSR count). The molecule has 3 heteroatoms. The van der Waals surface area contributed by atoms with E-state index in [0.29, 0.717) is 6.04 Å².